The second kappa shape index (κ2) is 5.75. The standard InChI is InChI=1S/C11H18N4S/c1-4-8(2)7-15(3)11-9(10(12)16)13-5-6-14-11/h5-6,8H,4,7H2,1-3H3,(H2,12,16). The van der Waals surface area contributed by atoms with E-state index in [9.17, 15) is 0 Å². The molecular weight excluding hydrogens is 220 g/mol. The van der Waals surface area contributed by atoms with Crippen molar-refractivity contribution in [2.75, 3.05) is 18.5 Å². The topological polar surface area (TPSA) is 55.0 Å². The number of nitrogens with zero attached hydrogens (tertiary/aromatic N) is 3. The minimum absolute atomic E-state index is 0.291. The SMILES string of the molecule is CCC(C)CN(C)c1nccnc1C(N)=S. The Hall–Kier alpha value is -1.23. The highest BCUT2D eigenvalue weighted by molar-refractivity contribution is 7.80. The Kier molecular flexibility index (Phi) is 4.61. The average molecular weight is 238 g/mol. The van der Waals surface area contributed by atoms with Crippen molar-refractivity contribution < 1.29 is 0 Å². The van der Waals surface area contributed by atoms with Crippen LogP contribution in [0.3, 0.4) is 0 Å². The zero-order valence-corrected chi connectivity index (χ0v) is 10.8. The van der Waals surface area contributed by atoms with Crippen LogP contribution in [0.1, 0.15) is 26.0 Å². The van der Waals surface area contributed by atoms with Crippen molar-refractivity contribution >= 4 is 23.0 Å². The van der Waals surface area contributed by atoms with E-state index in [-0.39, 0.29) is 0 Å². The molecule has 0 aliphatic rings. The fraction of sp³-hybridized carbons (Fsp3) is 0.545. The first-order valence-corrected chi connectivity index (χ1v) is 5.79. The lowest BCUT2D eigenvalue weighted by atomic mass is 10.1. The second-order valence-electron chi connectivity index (χ2n) is 3.99. The molecule has 0 spiro atoms. The van der Waals surface area contributed by atoms with Crippen molar-refractivity contribution in [3.8, 4) is 0 Å². The summed E-state index contributed by atoms with van der Waals surface area (Å²) in [7, 11) is 1.98. The Morgan fingerprint density at radius 2 is 2.12 bits per heavy atom. The van der Waals surface area contributed by atoms with Crippen LogP contribution in [0.15, 0.2) is 12.4 Å². The lowest BCUT2D eigenvalue weighted by Crippen LogP contribution is -2.28. The molecule has 0 amide bonds. The molecule has 2 N–H and O–H groups in total. The van der Waals surface area contributed by atoms with Crippen molar-refractivity contribution in [1.82, 2.24) is 9.97 Å². The predicted molar refractivity (Wildman–Crippen MR) is 70.6 cm³/mol. The van der Waals surface area contributed by atoms with Gasteiger partial charge in [-0.1, -0.05) is 32.5 Å². The molecule has 88 valence electrons. The van der Waals surface area contributed by atoms with E-state index in [2.05, 4.69) is 28.7 Å². The lowest BCUT2D eigenvalue weighted by molar-refractivity contribution is 0.557. The molecule has 0 aliphatic heterocycles. The lowest BCUT2D eigenvalue weighted by Gasteiger charge is -2.22. The fourth-order valence-electron chi connectivity index (χ4n) is 1.47. The van der Waals surface area contributed by atoms with Crippen molar-refractivity contribution in [1.29, 1.82) is 0 Å². The van der Waals surface area contributed by atoms with Gasteiger partial charge in [-0.15, -0.1) is 0 Å². The molecule has 16 heavy (non-hydrogen) atoms. The Morgan fingerprint density at radius 3 is 2.69 bits per heavy atom. The largest absolute Gasteiger partial charge is 0.388 e. The van der Waals surface area contributed by atoms with Gasteiger partial charge in [-0.05, 0) is 5.92 Å². The Balaban J connectivity index is 2.90. The van der Waals surface area contributed by atoms with Gasteiger partial charge in [0.15, 0.2) is 5.82 Å². The average Bonchev–Trinajstić information content (AvgIpc) is 2.28. The monoisotopic (exact) mass is 238 g/mol. The maximum Gasteiger partial charge on any atom is 0.157 e. The normalized spacial score (nSPS) is 12.2. The van der Waals surface area contributed by atoms with Gasteiger partial charge in [0, 0.05) is 26.0 Å². The van der Waals surface area contributed by atoms with Crippen LogP contribution >= 0.6 is 12.2 Å². The summed E-state index contributed by atoms with van der Waals surface area (Å²) >= 11 is 4.96. The third-order valence-corrected chi connectivity index (χ3v) is 2.75. The molecule has 0 radical (unpaired) electrons. The van der Waals surface area contributed by atoms with Crippen LogP contribution in [0.4, 0.5) is 5.82 Å². The minimum Gasteiger partial charge on any atom is -0.388 e. The summed E-state index contributed by atoms with van der Waals surface area (Å²) in [6, 6.07) is 0. The molecule has 0 aromatic carbocycles. The van der Waals surface area contributed by atoms with E-state index >= 15 is 0 Å². The third kappa shape index (κ3) is 3.13. The van der Waals surface area contributed by atoms with Gasteiger partial charge in [0.05, 0.1) is 0 Å². The molecule has 1 heterocycles. The van der Waals surface area contributed by atoms with Crippen LogP contribution in [-0.4, -0.2) is 28.5 Å². The highest BCUT2D eigenvalue weighted by Gasteiger charge is 2.13. The van der Waals surface area contributed by atoms with E-state index in [4.69, 9.17) is 18.0 Å². The van der Waals surface area contributed by atoms with Gasteiger partial charge in [-0.3, -0.25) is 0 Å². The van der Waals surface area contributed by atoms with Crippen molar-refractivity contribution in [3.63, 3.8) is 0 Å². The molecule has 0 saturated heterocycles. The van der Waals surface area contributed by atoms with Crippen LogP contribution < -0.4 is 10.6 Å². The quantitative estimate of drug-likeness (QED) is 0.790. The predicted octanol–water partition coefficient (Wildman–Crippen LogP) is 1.59. The molecule has 0 fully saturated rings. The Bertz CT molecular complexity index is 367. The number of aromatic nitrogens is 2. The summed E-state index contributed by atoms with van der Waals surface area (Å²) < 4.78 is 0. The maximum absolute atomic E-state index is 5.62. The third-order valence-electron chi connectivity index (χ3n) is 2.56. The molecule has 1 aromatic heterocycles. The van der Waals surface area contributed by atoms with E-state index in [0.717, 1.165) is 18.8 Å². The number of rotatable bonds is 5. The van der Waals surface area contributed by atoms with E-state index in [1.165, 1.54) is 0 Å². The van der Waals surface area contributed by atoms with Crippen molar-refractivity contribution in [2.24, 2.45) is 11.7 Å². The van der Waals surface area contributed by atoms with Gasteiger partial charge in [0.2, 0.25) is 0 Å². The number of nitrogens with two attached hydrogens (primary N) is 1. The minimum atomic E-state index is 0.291. The zero-order chi connectivity index (χ0) is 12.1. The van der Waals surface area contributed by atoms with Gasteiger partial charge >= 0.3 is 0 Å². The van der Waals surface area contributed by atoms with E-state index in [1.807, 2.05) is 7.05 Å². The van der Waals surface area contributed by atoms with Crippen molar-refractivity contribution in [2.45, 2.75) is 20.3 Å². The number of hydrogen-bond donors (Lipinski definition) is 1. The summed E-state index contributed by atoms with van der Waals surface area (Å²) in [4.78, 5) is 10.8. The van der Waals surface area contributed by atoms with Crippen LogP contribution in [0.5, 0.6) is 0 Å². The second-order valence-corrected chi connectivity index (χ2v) is 4.43. The maximum atomic E-state index is 5.62. The summed E-state index contributed by atoms with van der Waals surface area (Å²) in [5.74, 6) is 1.36. The summed E-state index contributed by atoms with van der Waals surface area (Å²) in [5.41, 5.74) is 6.22. The highest BCUT2D eigenvalue weighted by Crippen LogP contribution is 2.15. The van der Waals surface area contributed by atoms with Gasteiger partial charge in [-0.25, -0.2) is 9.97 Å². The summed E-state index contributed by atoms with van der Waals surface area (Å²) in [6.45, 7) is 5.29. The molecule has 0 saturated carbocycles. The van der Waals surface area contributed by atoms with E-state index < -0.39 is 0 Å². The molecule has 1 atom stereocenters. The highest BCUT2D eigenvalue weighted by atomic mass is 32.1. The Labute approximate surface area is 102 Å². The number of hydrogen-bond acceptors (Lipinski definition) is 4. The van der Waals surface area contributed by atoms with Gasteiger partial charge in [0.1, 0.15) is 10.7 Å². The first-order valence-electron chi connectivity index (χ1n) is 5.38. The van der Waals surface area contributed by atoms with Gasteiger partial charge < -0.3 is 10.6 Å². The molecule has 1 rings (SSSR count). The van der Waals surface area contributed by atoms with E-state index in [1.54, 1.807) is 12.4 Å². The molecule has 5 heteroatoms. The molecule has 1 unspecified atom stereocenters. The number of anilines is 1. The fourth-order valence-corrected chi connectivity index (χ4v) is 1.61. The molecular formula is C11H18N4S. The number of thiocarbonyl (C=S) groups is 1. The van der Waals surface area contributed by atoms with Crippen LogP contribution in [0.2, 0.25) is 0 Å². The molecule has 0 bridgehead atoms. The smallest absolute Gasteiger partial charge is 0.157 e. The van der Waals surface area contributed by atoms with Gasteiger partial charge in [-0.2, -0.15) is 0 Å². The van der Waals surface area contributed by atoms with Crippen LogP contribution in [0, 0.1) is 5.92 Å². The zero-order valence-electron chi connectivity index (χ0n) is 9.97. The summed E-state index contributed by atoms with van der Waals surface area (Å²) in [5, 5.41) is 0. The first-order chi connectivity index (χ1) is 7.56. The molecule has 0 aliphatic carbocycles. The molecule has 1 aromatic rings. The summed E-state index contributed by atoms with van der Waals surface area (Å²) in [6.07, 6.45) is 4.40. The van der Waals surface area contributed by atoms with E-state index in [0.29, 0.717) is 16.6 Å². The van der Waals surface area contributed by atoms with Gasteiger partial charge in [0.25, 0.3) is 0 Å². The Morgan fingerprint density at radius 1 is 1.50 bits per heavy atom. The first kappa shape index (κ1) is 12.8. The molecule has 4 nitrogen and oxygen atoms in total. The van der Waals surface area contributed by atoms with Crippen LogP contribution in [0.25, 0.3) is 0 Å². The van der Waals surface area contributed by atoms with Crippen LogP contribution in [-0.2, 0) is 0 Å². The van der Waals surface area contributed by atoms with Crippen molar-refractivity contribution in [3.05, 3.63) is 18.1 Å².